The van der Waals surface area contributed by atoms with E-state index in [1.165, 1.54) is 0 Å². The number of methoxy groups -OCH3 is 1. The van der Waals surface area contributed by atoms with Gasteiger partial charge in [0.25, 0.3) is 0 Å². The maximum atomic E-state index is 5.89. The number of nitrogens with zero attached hydrogens (tertiary/aromatic N) is 2. The Morgan fingerprint density at radius 2 is 2.18 bits per heavy atom. The maximum absolute atomic E-state index is 5.89. The Hall–Kier alpha value is -1.32. The van der Waals surface area contributed by atoms with Gasteiger partial charge in [-0.15, -0.1) is 24.0 Å². The second-order valence-electron chi connectivity index (χ2n) is 6.90. The van der Waals surface area contributed by atoms with E-state index in [-0.39, 0.29) is 24.0 Å². The second-order valence-corrected chi connectivity index (χ2v) is 6.90. The van der Waals surface area contributed by atoms with Crippen molar-refractivity contribution in [2.45, 2.75) is 19.8 Å². The van der Waals surface area contributed by atoms with Gasteiger partial charge in [0.05, 0.1) is 19.8 Å². The summed E-state index contributed by atoms with van der Waals surface area (Å²) in [5.41, 5.74) is 0.944. The zero-order valence-corrected chi connectivity index (χ0v) is 19.2. The largest absolute Gasteiger partial charge is 0.461 e. The molecule has 1 aromatic carbocycles. The van der Waals surface area contributed by atoms with Crippen molar-refractivity contribution >= 4 is 40.9 Å². The molecule has 1 unspecified atom stereocenters. The lowest BCUT2D eigenvalue weighted by Gasteiger charge is -2.21. The lowest BCUT2D eigenvalue weighted by Crippen LogP contribution is -2.40. The first-order valence-corrected chi connectivity index (χ1v) is 9.87. The van der Waals surface area contributed by atoms with Crippen LogP contribution in [-0.4, -0.2) is 64.0 Å². The van der Waals surface area contributed by atoms with E-state index in [1.807, 2.05) is 18.2 Å². The standard InChI is InChI=1S/C21H31N3O3.HI/c1-3-22-21(24-11-9-17(15-24)16-26-13-12-25-2)23-10-8-19-14-18-6-4-5-7-20(18)27-19;/h4-7,14,17H,3,8-13,15-16H2,1-2H3,(H,22,23);1H. The molecule has 1 aromatic heterocycles. The number of likely N-dealkylation sites (tertiary alicyclic amines) is 1. The number of furan rings is 1. The van der Waals surface area contributed by atoms with Crippen molar-refractivity contribution in [3.8, 4) is 0 Å². The number of hydrogen-bond acceptors (Lipinski definition) is 4. The zero-order valence-electron chi connectivity index (χ0n) is 16.9. The summed E-state index contributed by atoms with van der Waals surface area (Å²) in [5.74, 6) is 2.54. The van der Waals surface area contributed by atoms with Crippen molar-refractivity contribution in [3.05, 3.63) is 36.1 Å². The molecule has 2 heterocycles. The van der Waals surface area contributed by atoms with E-state index in [2.05, 4.69) is 29.3 Å². The van der Waals surface area contributed by atoms with Crippen LogP contribution in [0.5, 0.6) is 0 Å². The summed E-state index contributed by atoms with van der Waals surface area (Å²) in [6, 6.07) is 10.2. The van der Waals surface area contributed by atoms with E-state index in [4.69, 9.17) is 18.9 Å². The molecular formula is C21H32IN3O3. The van der Waals surface area contributed by atoms with Crippen LogP contribution in [0.1, 0.15) is 19.1 Å². The number of benzene rings is 1. The van der Waals surface area contributed by atoms with Gasteiger partial charge < -0.3 is 24.1 Å². The first-order valence-electron chi connectivity index (χ1n) is 9.87. The van der Waals surface area contributed by atoms with Crippen molar-refractivity contribution in [2.75, 3.05) is 53.1 Å². The minimum absolute atomic E-state index is 0. The average molecular weight is 501 g/mol. The first kappa shape index (κ1) is 23.0. The van der Waals surface area contributed by atoms with Gasteiger partial charge in [-0.2, -0.15) is 0 Å². The Kier molecular flexibility index (Phi) is 10.1. The third-order valence-electron chi connectivity index (χ3n) is 4.80. The SMILES string of the molecule is CCNC(=NCCc1cc2ccccc2o1)N1CCC(COCCOC)C1.I. The molecule has 1 N–H and O–H groups in total. The lowest BCUT2D eigenvalue weighted by atomic mass is 10.1. The number of ether oxygens (including phenoxy) is 2. The highest BCUT2D eigenvalue weighted by atomic mass is 127. The zero-order chi connectivity index (χ0) is 18.9. The molecule has 0 bridgehead atoms. The van der Waals surface area contributed by atoms with E-state index in [9.17, 15) is 0 Å². The summed E-state index contributed by atoms with van der Waals surface area (Å²) >= 11 is 0. The molecule has 0 amide bonds. The molecule has 0 saturated carbocycles. The lowest BCUT2D eigenvalue weighted by molar-refractivity contribution is 0.0536. The molecule has 3 rings (SSSR count). The third kappa shape index (κ3) is 6.63. The van der Waals surface area contributed by atoms with Crippen LogP contribution in [0.25, 0.3) is 11.0 Å². The van der Waals surface area contributed by atoms with Crippen molar-refractivity contribution in [2.24, 2.45) is 10.9 Å². The van der Waals surface area contributed by atoms with Gasteiger partial charge in [0.15, 0.2) is 5.96 Å². The highest BCUT2D eigenvalue weighted by Crippen LogP contribution is 2.19. The molecule has 6 nitrogen and oxygen atoms in total. The van der Waals surface area contributed by atoms with Crippen molar-refractivity contribution in [3.63, 3.8) is 0 Å². The fraction of sp³-hybridized carbons (Fsp3) is 0.571. The van der Waals surface area contributed by atoms with Gasteiger partial charge in [0.1, 0.15) is 11.3 Å². The molecule has 1 saturated heterocycles. The molecule has 0 aliphatic carbocycles. The highest BCUT2D eigenvalue weighted by Gasteiger charge is 2.24. The Balaban J connectivity index is 0.00000280. The van der Waals surface area contributed by atoms with Crippen LogP contribution < -0.4 is 5.32 Å². The van der Waals surface area contributed by atoms with E-state index < -0.39 is 0 Å². The number of para-hydroxylation sites is 1. The molecule has 1 aliphatic rings. The third-order valence-corrected chi connectivity index (χ3v) is 4.80. The fourth-order valence-electron chi connectivity index (χ4n) is 3.41. The molecular weight excluding hydrogens is 469 g/mol. The fourth-order valence-corrected chi connectivity index (χ4v) is 3.41. The molecule has 1 aliphatic heterocycles. The molecule has 2 aromatic rings. The minimum atomic E-state index is 0. The minimum Gasteiger partial charge on any atom is -0.461 e. The Labute approximate surface area is 184 Å². The Bertz CT molecular complexity index is 702. The van der Waals surface area contributed by atoms with Crippen LogP contribution in [0, 0.1) is 5.92 Å². The predicted octanol–water partition coefficient (Wildman–Crippen LogP) is 3.54. The van der Waals surface area contributed by atoms with Crippen LogP contribution in [-0.2, 0) is 15.9 Å². The maximum Gasteiger partial charge on any atom is 0.193 e. The number of nitrogens with one attached hydrogen (secondary N) is 1. The summed E-state index contributed by atoms with van der Waals surface area (Å²) in [7, 11) is 1.70. The van der Waals surface area contributed by atoms with Crippen LogP contribution in [0.4, 0.5) is 0 Å². The smallest absolute Gasteiger partial charge is 0.193 e. The van der Waals surface area contributed by atoms with Gasteiger partial charge in [-0.3, -0.25) is 4.99 Å². The molecule has 28 heavy (non-hydrogen) atoms. The van der Waals surface area contributed by atoms with Gasteiger partial charge >= 0.3 is 0 Å². The quantitative estimate of drug-likeness (QED) is 0.247. The monoisotopic (exact) mass is 501 g/mol. The van der Waals surface area contributed by atoms with E-state index in [1.54, 1.807) is 7.11 Å². The summed E-state index contributed by atoms with van der Waals surface area (Å²) in [6.07, 6.45) is 1.95. The van der Waals surface area contributed by atoms with Crippen LogP contribution in [0.15, 0.2) is 39.7 Å². The topological polar surface area (TPSA) is 59.2 Å². The van der Waals surface area contributed by atoms with Crippen molar-refractivity contribution < 1.29 is 13.9 Å². The molecule has 7 heteroatoms. The van der Waals surface area contributed by atoms with E-state index in [0.29, 0.717) is 25.7 Å². The highest BCUT2D eigenvalue weighted by molar-refractivity contribution is 14.0. The molecule has 0 spiro atoms. The average Bonchev–Trinajstić information content (AvgIpc) is 3.31. The normalized spacial score (nSPS) is 17.1. The van der Waals surface area contributed by atoms with Crippen molar-refractivity contribution in [1.29, 1.82) is 0 Å². The molecule has 1 fully saturated rings. The van der Waals surface area contributed by atoms with Crippen LogP contribution >= 0.6 is 24.0 Å². The number of guanidine groups is 1. The molecule has 156 valence electrons. The van der Waals surface area contributed by atoms with E-state index in [0.717, 1.165) is 61.8 Å². The summed E-state index contributed by atoms with van der Waals surface area (Å²) in [4.78, 5) is 7.16. The molecule has 0 radical (unpaired) electrons. The number of halogens is 1. The van der Waals surface area contributed by atoms with Crippen molar-refractivity contribution in [1.82, 2.24) is 10.2 Å². The number of aliphatic imine (C=N–C) groups is 1. The first-order chi connectivity index (χ1) is 13.3. The number of fused-ring (bicyclic) bond motifs is 1. The predicted molar refractivity (Wildman–Crippen MR) is 124 cm³/mol. The Morgan fingerprint density at radius 3 is 2.96 bits per heavy atom. The summed E-state index contributed by atoms with van der Waals surface area (Å²) < 4.78 is 16.6. The molecule has 1 atom stereocenters. The Morgan fingerprint density at radius 1 is 1.32 bits per heavy atom. The second kappa shape index (κ2) is 12.3. The summed E-state index contributed by atoms with van der Waals surface area (Å²) in [5, 5.41) is 4.57. The summed E-state index contributed by atoms with van der Waals surface area (Å²) in [6.45, 7) is 7.82. The van der Waals surface area contributed by atoms with Gasteiger partial charge in [-0.05, 0) is 25.5 Å². The number of hydrogen-bond donors (Lipinski definition) is 1. The number of rotatable bonds is 9. The van der Waals surface area contributed by atoms with E-state index >= 15 is 0 Å². The van der Waals surface area contributed by atoms with Gasteiger partial charge in [0, 0.05) is 51.0 Å². The van der Waals surface area contributed by atoms with Crippen LogP contribution in [0.2, 0.25) is 0 Å². The van der Waals surface area contributed by atoms with Gasteiger partial charge in [-0.1, -0.05) is 18.2 Å². The van der Waals surface area contributed by atoms with Gasteiger partial charge in [0.2, 0.25) is 0 Å². The van der Waals surface area contributed by atoms with Crippen LogP contribution in [0.3, 0.4) is 0 Å². The van der Waals surface area contributed by atoms with Gasteiger partial charge in [-0.25, -0.2) is 0 Å².